The van der Waals surface area contributed by atoms with Crippen molar-refractivity contribution in [3.63, 3.8) is 0 Å². The van der Waals surface area contributed by atoms with Gasteiger partial charge in [0.2, 0.25) is 0 Å². The maximum absolute atomic E-state index is 12.9. The Hall–Kier alpha value is -3.58. The lowest BCUT2D eigenvalue weighted by Crippen LogP contribution is -2.34. The van der Waals surface area contributed by atoms with E-state index < -0.39 is 0 Å². The quantitative estimate of drug-likeness (QED) is 0.218. The van der Waals surface area contributed by atoms with E-state index in [1.807, 2.05) is 60.7 Å². The largest absolute Gasteiger partial charge is 0.493 e. The number of nitrogens with one attached hydrogen (secondary N) is 2. The lowest BCUT2D eigenvalue weighted by molar-refractivity contribution is 0.0973. The highest BCUT2D eigenvalue weighted by Gasteiger charge is 2.14. The maximum Gasteiger partial charge on any atom is 0.261 e. The average molecular weight is 493 g/mol. The number of rotatable bonds is 13. The minimum Gasteiger partial charge on any atom is -0.493 e. The maximum atomic E-state index is 12.9. The smallest absolute Gasteiger partial charge is 0.261 e. The fourth-order valence-electron chi connectivity index (χ4n) is 3.34. The first kappa shape index (κ1) is 26.0. The van der Waals surface area contributed by atoms with Crippen LogP contribution in [0.3, 0.4) is 0 Å². The molecule has 0 heterocycles. The van der Waals surface area contributed by atoms with Crippen molar-refractivity contribution in [2.24, 2.45) is 0 Å². The number of carbonyl (C=O) groups is 1. The molecule has 0 aromatic heterocycles. The van der Waals surface area contributed by atoms with Gasteiger partial charge >= 0.3 is 0 Å². The van der Waals surface area contributed by atoms with E-state index in [1.165, 1.54) is 12.8 Å². The van der Waals surface area contributed by atoms with Gasteiger partial charge in [-0.2, -0.15) is 0 Å². The number of carbonyl (C=O) groups excluding carboxylic acids is 1. The first-order chi connectivity index (χ1) is 17.2. The molecule has 0 radical (unpaired) electrons. The lowest BCUT2D eigenvalue weighted by atomic mass is 10.2. The highest BCUT2D eigenvalue weighted by atomic mass is 32.1. The third-order valence-corrected chi connectivity index (χ3v) is 5.31. The van der Waals surface area contributed by atoms with Gasteiger partial charge in [-0.1, -0.05) is 68.7 Å². The molecule has 7 heteroatoms. The molecule has 0 saturated heterocycles. The Morgan fingerprint density at radius 3 is 2.20 bits per heavy atom. The molecular weight excluding hydrogens is 460 g/mol. The Balaban J connectivity index is 1.51. The first-order valence-electron chi connectivity index (χ1n) is 11.9. The number of para-hydroxylation sites is 4. The van der Waals surface area contributed by atoms with Gasteiger partial charge in [-0.15, -0.1) is 0 Å². The summed E-state index contributed by atoms with van der Waals surface area (Å²) in [6, 6.07) is 24.1. The second kappa shape index (κ2) is 14.6. The van der Waals surface area contributed by atoms with E-state index in [4.69, 9.17) is 26.4 Å². The molecule has 3 rings (SSSR count). The number of benzene rings is 3. The summed E-state index contributed by atoms with van der Waals surface area (Å²) in [6.45, 7) is 3.50. The summed E-state index contributed by atoms with van der Waals surface area (Å²) in [6.07, 6.45) is 4.41. The Morgan fingerprint density at radius 1 is 0.743 bits per heavy atom. The summed E-state index contributed by atoms with van der Waals surface area (Å²) in [5, 5.41) is 5.95. The van der Waals surface area contributed by atoms with Gasteiger partial charge in [0.05, 0.1) is 17.9 Å². The van der Waals surface area contributed by atoms with Crippen LogP contribution in [-0.4, -0.2) is 30.8 Å². The van der Waals surface area contributed by atoms with Crippen LogP contribution in [0.5, 0.6) is 17.2 Å². The van der Waals surface area contributed by atoms with Crippen LogP contribution in [0.15, 0.2) is 78.9 Å². The number of hydrogen-bond acceptors (Lipinski definition) is 5. The number of amides is 1. The first-order valence-corrected chi connectivity index (χ1v) is 12.3. The Morgan fingerprint density at radius 2 is 1.40 bits per heavy atom. The molecule has 35 heavy (non-hydrogen) atoms. The molecule has 0 bridgehead atoms. The third-order valence-electron chi connectivity index (χ3n) is 5.10. The van der Waals surface area contributed by atoms with E-state index in [-0.39, 0.29) is 11.0 Å². The van der Waals surface area contributed by atoms with Crippen LogP contribution in [-0.2, 0) is 0 Å². The molecule has 0 atom stereocenters. The minimum atomic E-state index is -0.332. The summed E-state index contributed by atoms with van der Waals surface area (Å²) in [5.41, 5.74) is 1.09. The van der Waals surface area contributed by atoms with Gasteiger partial charge in [0.25, 0.3) is 5.91 Å². The van der Waals surface area contributed by atoms with Crippen LogP contribution < -0.4 is 24.8 Å². The van der Waals surface area contributed by atoms with Gasteiger partial charge < -0.3 is 19.5 Å². The monoisotopic (exact) mass is 492 g/mol. The highest BCUT2D eigenvalue weighted by molar-refractivity contribution is 7.80. The molecule has 0 aliphatic rings. The molecule has 0 spiro atoms. The fraction of sp³-hybridized carbons (Fsp3) is 0.286. The van der Waals surface area contributed by atoms with E-state index in [9.17, 15) is 4.79 Å². The van der Waals surface area contributed by atoms with E-state index in [0.29, 0.717) is 42.6 Å². The second-order valence-electron chi connectivity index (χ2n) is 7.82. The molecule has 0 saturated carbocycles. The standard InChI is InChI=1S/C28H32N2O4S/c1-2-3-4-12-19-33-25-17-10-8-15-23(25)27(31)30-28(35)29-24-16-9-11-18-26(24)34-21-20-32-22-13-6-5-7-14-22/h5-11,13-18H,2-4,12,19-21H2,1H3,(H2,29,30,31,35). The fourth-order valence-corrected chi connectivity index (χ4v) is 3.54. The molecule has 3 aromatic carbocycles. The molecule has 1 amide bonds. The zero-order valence-electron chi connectivity index (χ0n) is 20.0. The van der Waals surface area contributed by atoms with Crippen molar-refractivity contribution >= 4 is 28.9 Å². The van der Waals surface area contributed by atoms with Gasteiger partial charge in [-0.05, 0) is 55.0 Å². The lowest BCUT2D eigenvalue weighted by Gasteiger charge is -2.15. The van der Waals surface area contributed by atoms with Crippen LogP contribution in [0.1, 0.15) is 43.0 Å². The van der Waals surface area contributed by atoms with Gasteiger partial charge in [0.1, 0.15) is 30.5 Å². The van der Waals surface area contributed by atoms with E-state index in [0.717, 1.165) is 18.6 Å². The number of hydrogen-bond donors (Lipinski definition) is 2. The predicted molar refractivity (Wildman–Crippen MR) is 144 cm³/mol. The summed E-state index contributed by atoms with van der Waals surface area (Å²) < 4.78 is 17.4. The van der Waals surface area contributed by atoms with Gasteiger partial charge in [-0.25, -0.2) is 0 Å². The molecule has 184 valence electrons. The van der Waals surface area contributed by atoms with Crippen LogP contribution >= 0.6 is 12.2 Å². The van der Waals surface area contributed by atoms with Crippen LogP contribution in [0.4, 0.5) is 5.69 Å². The van der Waals surface area contributed by atoms with Crippen molar-refractivity contribution in [2.75, 3.05) is 25.1 Å². The highest BCUT2D eigenvalue weighted by Crippen LogP contribution is 2.24. The zero-order chi connectivity index (χ0) is 24.7. The minimum absolute atomic E-state index is 0.171. The Bertz CT molecular complexity index is 1080. The van der Waals surface area contributed by atoms with Crippen LogP contribution in [0.2, 0.25) is 0 Å². The van der Waals surface area contributed by atoms with Crippen molar-refractivity contribution in [2.45, 2.75) is 32.6 Å². The SMILES string of the molecule is CCCCCCOc1ccccc1C(=O)NC(=S)Nc1ccccc1OCCOc1ccccc1. The predicted octanol–water partition coefficient (Wildman–Crippen LogP) is 6.23. The summed E-state index contributed by atoms with van der Waals surface area (Å²) in [4.78, 5) is 12.9. The second-order valence-corrected chi connectivity index (χ2v) is 8.23. The van der Waals surface area contributed by atoms with E-state index >= 15 is 0 Å². The van der Waals surface area contributed by atoms with Crippen molar-refractivity contribution in [1.29, 1.82) is 0 Å². The molecule has 0 aliphatic carbocycles. The molecule has 3 aromatic rings. The van der Waals surface area contributed by atoms with Gasteiger partial charge in [0, 0.05) is 0 Å². The van der Waals surface area contributed by atoms with Crippen molar-refractivity contribution in [3.8, 4) is 17.2 Å². The Kier molecular flexibility index (Phi) is 10.9. The molecule has 0 fully saturated rings. The number of unbranched alkanes of at least 4 members (excludes halogenated alkanes) is 3. The molecule has 0 unspecified atom stereocenters. The van der Waals surface area contributed by atoms with Crippen molar-refractivity contribution in [3.05, 3.63) is 84.4 Å². The topological polar surface area (TPSA) is 68.8 Å². The van der Waals surface area contributed by atoms with E-state index in [1.54, 1.807) is 18.2 Å². The summed E-state index contributed by atoms with van der Waals surface area (Å²) in [5.74, 6) is 1.61. The average Bonchev–Trinajstić information content (AvgIpc) is 2.88. The zero-order valence-corrected chi connectivity index (χ0v) is 20.8. The summed E-state index contributed by atoms with van der Waals surface area (Å²) >= 11 is 5.39. The van der Waals surface area contributed by atoms with Crippen LogP contribution in [0, 0.1) is 0 Å². The number of ether oxygens (including phenoxy) is 3. The van der Waals surface area contributed by atoms with Gasteiger partial charge in [0.15, 0.2) is 5.11 Å². The molecule has 2 N–H and O–H groups in total. The van der Waals surface area contributed by atoms with Gasteiger partial charge in [-0.3, -0.25) is 10.1 Å². The Labute approximate surface area is 212 Å². The van der Waals surface area contributed by atoms with Crippen molar-refractivity contribution in [1.82, 2.24) is 5.32 Å². The van der Waals surface area contributed by atoms with Crippen LogP contribution in [0.25, 0.3) is 0 Å². The number of anilines is 1. The normalized spacial score (nSPS) is 10.3. The third kappa shape index (κ3) is 8.94. The van der Waals surface area contributed by atoms with Crippen molar-refractivity contribution < 1.29 is 19.0 Å². The molecule has 6 nitrogen and oxygen atoms in total. The summed E-state index contributed by atoms with van der Waals surface area (Å²) in [7, 11) is 0. The molecule has 0 aliphatic heterocycles. The van der Waals surface area contributed by atoms with E-state index in [2.05, 4.69) is 17.6 Å². The number of thiocarbonyl (C=S) groups is 1. The molecular formula is C28H32N2O4S.